The van der Waals surface area contributed by atoms with Gasteiger partial charge in [0.05, 0.1) is 12.0 Å². The molecule has 0 aliphatic rings. The molecule has 1 aromatic carbocycles. The van der Waals surface area contributed by atoms with E-state index in [9.17, 15) is 9.18 Å². The number of carbonyl (C=O) groups is 1. The molecular weight excluding hydrogens is 261 g/mol. The van der Waals surface area contributed by atoms with Crippen molar-refractivity contribution in [2.45, 2.75) is 32.7 Å². The van der Waals surface area contributed by atoms with E-state index in [4.69, 9.17) is 4.52 Å². The van der Waals surface area contributed by atoms with Gasteiger partial charge in [-0.25, -0.2) is 4.39 Å². The van der Waals surface area contributed by atoms with Gasteiger partial charge in [0.15, 0.2) is 5.82 Å². The first kappa shape index (κ1) is 14.2. The molecule has 2 rings (SSSR count). The molecule has 1 heterocycles. The third-order valence-electron chi connectivity index (χ3n) is 3.11. The van der Waals surface area contributed by atoms with Crippen LogP contribution < -0.4 is 5.32 Å². The zero-order valence-corrected chi connectivity index (χ0v) is 11.6. The number of aromatic nitrogens is 2. The quantitative estimate of drug-likeness (QED) is 0.929. The summed E-state index contributed by atoms with van der Waals surface area (Å²) < 4.78 is 17.7. The van der Waals surface area contributed by atoms with Crippen LogP contribution in [0.15, 0.2) is 28.8 Å². The van der Waals surface area contributed by atoms with Gasteiger partial charge >= 0.3 is 0 Å². The Labute approximate surface area is 116 Å². The molecule has 0 saturated heterocycles. The van der Waals surface area contributed by atoms with Crippen LogP contribution in [-0.4, -0.2) is 16.0 Å². The number of amides is 1. The van der Waals surface area contributed by atoms with Crippen LogP contribution in [0, 0.1) is 12.7 Å². The summed E-state index contributed by atoms with van der Waals surface area (Å²) in [4.78, 5) is 16.2. The summed E-state index contributed by atoms with van der Waals surface area (Å²) in [5, 5.41) is 6.45. The zero-order valence-electron chi connectivity index (χ0n) is 11.6. The fourth-order valence-electron chi connectivity index (χ4n) is 1.79. The number of carbonyl (C=O) groups excluding carboxylic acids is 1. The van der Waals surface area contributed by atoms with Crippen LogP contribution in [0.2, 0.25) is 0 Å². The Morgan fingerprint density at radius 1 is 1.35 bits per heavy atom. The molecule has 5 nitrogen and oxygen atoms in total. The van der Waals surface area contributed by atoms with E-state index >= 15 is 0 Å². The summed E-state index contributed by atoms with van der Waals surface area (Å²) >= 11 is 0. The molecular formula is C14H16FN3O2. The molecule has 0 unspecified atom stereocenters. The Morgan fingerprint density at radius 3 is 2.55 bits per heavy atom. The van der Waals surface area contributed by atoms with Crippen LogP contribution in [0.1, 0.15) is 31.1 Å². The predicted octanol–water partition coefficient (Wildman–Crippen LogP) is 2.11. The maximum absolute atomic E-state index is 12.9. The number of rotatable bonds is 4. The number of benzene rings is 1. The van der Waals surface area contributed by atoms with E-state index in [-0.39, 0.29) is 18.3 Å². The maximum Gasteiger partial charge on any atom is 0.230 e. The highest BCUT2D eigenvalue weighted by atomic mass is 19.1. The van der Waals surface area contributed by atoms with Crippen LogP contribution >= 0.6 is 0 Å². The van der Waals surface area contributed by atoms with Crippen LogP contribution in [0.3, 0.4) is 0 Å². The molecule has 0 radical (unpaired) electrons. The number of nitrogens with zero attached hydrogens (tertiary/aromatic N) is 2. The van der Waals surface area contributed by atoms with Gasteiger partial charge in [-0.2, -0.15) is 4.98 Å². The zero-order chi connectivity index (χ0) is 14.8. The van der Waals surface area contributed by atoms with E-state index in [0.29, 0.717) is 11.7 Å². The van der Waals surface area contributed by atoms with Gasteiger partial charge < -0.3 is 9.84 Å². The highest BCUT2D eigenvalue weighted by Crippen LogP contribution is 2.23. The molecule has 1 amide bonds. The SMILES string of the molecule is Cc1nc(CNC(=O)C(C)(C)c2ccc(F)cc2)no1. The van der Waals surface area contributed by atoms with E-state index < -0.39 is 5.41 Å². The summed E-state index contributed by atoms with van der Waals surface area (Å²) in [6.07, 6.45) is 0. The van der Waals surface area contributed by atoms with Crippen LogP contribution in [0.5, 0.6) is 0 Å². The second-order valence-electron chi connectivity index (χ2n) is 5.04. The summed E-state index contributed by atoms with van der Waals surface area (Å²) in [5.41, 5.74) is -0.0346. The van der Waals surface area contributed by atoms with Crippen LogP contribution in [-0.2, 0) is 16.8 Å². The molecule has 6 heteroatoms. The Morgan fingerprint density at radius 2 is 2.00 bits per heavy atom. The Bertz CT molecular complexity index is 605. The first-order chi connectivity index (χ1) is 9.39. The van der Waals surface area contributed by atoms with Crippen molar-refractivity contribution in [3.05, 3.63) is 47.4 Å². The largest absolute Gasteiger partial charge is 0.348 e. The average molecular weight is 277 g/mol. The van der Waals surface area contributed by atoms with Crippen molar-refractivity contribution >= 4 is 5.91 Å². The molecule has 0 bridgehead atoms. The van der Waals surface area contributed by atoms with Gasteiger partial charge in [-0.3, -0.25) is 4.79 Å². The predicted molar refractivity (Wildman–Crippen MR) is 70.3 cm³/mol. The Kier molecular flexibility index (Phi) is 3.83. The minimum Gasteiger partial charge on any atom is -0.348 e. The van der Waals surface area contributed by atoms with Gasteiger partial charge in [0.2, 0.25) is 11.8 Å². The average Bonchev–Trinajstić information content (AvgIpc) is 2.82. The summed E-state index contributed by atoms with van der Waals surface area (Å²) in [6.45, 7) is 5.43. The van der Waals surface area contributed by atoms with E-state index in [1.807, 2.05) is 0 Å². The van der Waals surface area contributed by atoms with Gasteiger partial charge in [0, 0.05) is 6.92 Å². The Balaban J connectivity index is 2.05. The van der Waals surface area contributed by atoms with E-state index in [0.717, 1.165) is 5.56 Å². The smallest absolute Gasteiger partial charge is 0.230 e. The molecule has 106 valence electrons. The minimum atomic E-state index is -0.771. The fourth-order valence-corrected chi connectivity index (χ4v) is 1.79. The van der Waals surface area contributed by atoms with Crippen molar-refractivity contribution in [3.63, 3.8) is 0 Å². The highest BCUT2D eigenvalue weighted by Gasteiger charge is 2.29. The molecule has 0 aliphatic heterocycles. The van der Waals surface area contributed by atoms with Crippen molar-refractivity contribution in [3.8, 4) is 0 Å². The molecule has 1 N–H and O–H groups in total. The molecule has 0 fully saturated rings. The number of hydrogen-bond acceptors (Lipinski definition) is 4. The maximum atomic E-state index is 12.9. The van der Waals surface area contributed by atoms with E-state index in [1.165, 1.54) is 12.1 Å². The van der Waals surface area contributed by atoms with Gasteiger partial charge in [-0.1, -0.05) is 17.3 Å². The topological polar surface area (TPSA) is 68.0 Å². The number of nitrogens with one attached hydrogen (secondary N) is 1. The van der Waals surface area contributed by atoms with E-state index in [2.05, 4.69) is 15.5 Å². The summed E-state index contributed by atoms with van der Waals surface area (Å²) in [6, 6.07) is 5.89. The van der Waals surface area contributed by atoms with Gasteiger partial charge in [0.25, 0.3) is 0 Å². The monoisotopic (exact) mass is 277 g/mol. The lowest BCUT2D eigenvalue weighted by atomic mass is 9.84. The number of hydrogen-bond donors (Lipinski definition) is 1. The summed E-state index contributed by atoms with van der Waals surface area (Å²) in [7, 11) is 0. The lowest BCUT2D eigenvalue weighted by molar-refractivity contribution is -0.125. The minimum absolute atomic E-state index is 0.188. The molecule has 0 atom stereocenters. The Hall–Kier alpha value is -2.24. The van der Waals surface area contributed by atoms with Gasteiger partial charge in [-0.15, -0.1) is 0 Å². The second kappa shape index (κ2) is 5.40. The first-order valence-corrected chi connectivity index (χ1v) is 6.23. The second-order valence-corrected chi connectivity index (χ2v) is 5.04. The molecule has 0 aliphatic carbocycles. The van der Waals surface area contributed by atoms with E-state index in [1.54, 1.807) is 32.9 Å². The number of aryl methyl sites for hydroxylation is 1. The standard InChI is InChI=1S/C14H16FN3O2/c1-9-17-12(18-20-9)8-16-13(19)14(2,3)10-4-6-11(15)7-5-10/h4-7H,8H2,1-3H3,(H,16,19). The third kappa shape index (κ3) is 3.01. The molecule has 1 aromatic heterocycles. The molecule has 0 spiro atoms. The lowest BCUT2D eigenvalue weighted by Gasteiger charge is -2.23. The van der Waals surface area contributed by atoms with Crippen molar-refractivity contribution in [2.24, 2.45) is 0 Å². The normalized spacial score (nSPS) is 11.4. The molecule has 0 saturated carbocycles. The van der Waals surface area contributed by atoms with Crippen molar-refractivity contribution in [1.82, 2.24) is 15.5 Å². The first-order valence-electron chi connectivity index (χ1n) is 6.23. The van der Waals surface area contributed by atoms with Crippen molar-refractivity contribution in [2.75, 3.05) is 0 Å². The van der Waals surface area contributed by atoms with Crippen LogP contribution in [0.4, 0.5) is 4.39 Å². The van der Waals surface area contributed by atoms with Crippen LogP contribution in [0.25, 0.3) is 0 Å². The van der Waals surface area contributed by atoms with Crippen molar-refractivity contribution < 1.29 is 13.7 Å². The van der Waals surface area contributed by atoms with Crippen molar-refractivity contribution in [1.29, 1.82) is 0 Å². The lowest BCUT2D eigenvalue weighted by Crippen LogP contribution is -2.39. The van der Waals surface area contributed by atoms with Gasteiger partial charge in [-0.05, 0) is 31.5 Å². The molecule has 20 heavy (non-hydrogen) atoms. The summed E-state index contributed by atoms with van der Waals surface area (Å²) in [5.74, 6) is 0.358. The molecule has 2 aromatic rings. The third-order valence-corrected chi connectivity index (χ3v) is 3.11. The fraction of sp³-hybridized carbons (Fsp3) is 0.357. The number of halogens is 1. The highest BCUT2D eigenvalue weighted by molar-refractivity contribution is 5.87. The van der Waals surface area contributed by atoms with Gasteiger partial charge in [0.1, 0.15) is 5.82 Å².